The SMILES string of the molecule is CC(C)CC1CC(c2cn(-c3cccnc3)c3cc(C(=O)N4CCN(C(C)C)CC4)ccc23)=CCN1. The number of pyridine rings is 1. The molecule has 0 radical (unpaired) electrons. The van der Waals surface area contributed by atoms with Crippen molar-refractivity contribution >= 4 is 22.4 Å². The average Bonchev–Trinajstić information content (AvgIpc) is 3.27. The first-order chi connectivity index (χ1) is 17.4. The van der Waals surface area contributed by atoms with Crippen LogP contribution in [0.15, 0.2) is 55.0 Å². The van der Waals surface area contributed by atoms with E-state index in [2.05, 4.69) is 77.9 Å². The van der Waals surface area contributed by atoms with Crippen LogP contribution in [0.5, 0.6) is 0 Å². The third kappa shape index (κ3) is 5.11. The van der Waals surface area contributed by atoms with Gasteiger partial charge < -0.3 is 14.8 Å². The summed E-state index contributed by atoms with van der Waals surface area (Å²) in [6.45, 7) is 13.3. The predicted molar refractivity (Wildman–Crippen MR) is 148 cm³/mol. The molecule has 1 amide bonds. The molecule has 4 heterocycles. The van der Waals surface area contributed by atoms with E-state index in [-0.39, 0.29) is 5.91 Å². The number of aromatic nitrogens is 2. The lowest BCUT2D eigenvalue weighted by molar-refractivity contribution is 0.0595. The third-order valence-corrected chi connectivity index (χ3v) is 7.63. The molecule has 0 spiro atoms. The number of carbonyl (C=O) groups is 1. The van der Waals surface area contributed by atoms with Crippen LogP contribution in [0.4, 0.5) is 0 Å². The molecular formula is C30H39N5O. The van der Waals surface area contributed by atoms with Crippen LogP contribution in [-0.2, 0) is 0 Å². The number of carbonyl (C=O) groups excluding carboxylic acids is 1. The lowest BCUT2D eigenvalue weighted by Crippen LogP contribution is -2.50. The molecule has 5 rings (SSSR count). The molecule has 0 bridgehead atoms. The molecule has 1 unspecified atom stereocenters. The van der Waals surface area contributed by atoms with Gasteiger partial charge >= 0.3 is 0 Å². The number of nitrogens with zero attached hydrogens (tertiary/aromatic N) is 4. The number of rotatable bonds is 6. The summed E-state index contributed by atoms with van der Waals surface area (Å²) in [5.74, 6) is 0.786. The first kappa shape index (κ1) is 24.7. The Balaban J connectivity index is 1.50. The number of hydrogen-bond acceptors (Lipinski definition) is 4. The van der Waals surface area contributed by atoms with Crippen LogP contribution in [0, 0.1) is 5.92 Å². The van der Waals surface area contributed by atoms with Crippen LogP contribution in [0.25, 0.3) is 22.2 Å². The zero-order valence-electron chi connectivity index (χ0n) is 22.1. The van der Waals surface area contributed by atoms with E-state index in [9.17, 15) is 4.79 Å². The van der Waals surface area contributed by atoms with Gasteiger partial charge in [-0.3, -0.25) is 14.7 Å². The summed E-state index contributed by atoms with van der Waals surface area (Å²) in [5.41, 5.74) is 5.47. The summed E-state index contributed by atoms with van der Waals surface area (Å²) in [7, 11) is 0. The predicted octanol–water partition coefficient (Wildman–Crippen LogP) is 4.98. The van der Waals surface area contributed by atoms with E-state index < -0.39 is 0 Å². The summed E-state index contributed by atoms with van der Waals surface area (Å²) >= 11 is 0. The first-order valence-corrected chi connectivity index (χ1v) is 13.4. The molecule has 0 saturated carbocycles. The molecule has 1 saturated heterocycles. The zero-order chi connectivity index (χ0) is 25.2. The van der Waals surface area contributed by atoms with E-state index in [4.69, 9.17) is 0 Å². The summed E-state index contributed by atoms with van der Waals surface area (Å²) < 4.78 is 2.20. The summed E-state index contributed by atoms with van der Waals surface area (Å²) in [4.78, 5) is 22.3. The summed E-state index contributed by atoms with van der Waals surface area (Å²) in [6.07, 6.45) is 10.4. The van der Waals surface area contributed by atoms with Gasteiger partial charge in [-0.2, -0.15) is 0 Å². The monoisotopic (exact) mass is 485 g/mol. The maximum Gasteiger partial charge on any atom is 0.254 e. The number of hydrogen-bond donors (Lipinski definition) is 1. The molecule has 0 aliphatic carbocycles. The van der Waals surface area contributed by atoms with E-state index in [1.54, 1.807) is 6.20 Å². The Bertz CT molecular complexity index is 1230. The summed E-state index contributed by atoms with van der Waals surface area (Å²) in [6, 6.07) is 11.3. The van der Waals surface area contributed by atoms with Gasteiger partial charge in [-0.05, 0) is 62.4 Å². The Kier molecular flexibility index (Phi) is 7.26. The minimum absolute atomic E-state index is 0.124. The summed E-state index contributed by atoms with van der Waals surface area (Å²) in [5, 5.41) is 4.85. The largest absolute Gasteiger partial charge is 0.336 e. The topological polar surface area (TPSA) is 53.4 Å². The van der Waals surface area contributed by atoms with Crippen LogP contribution in [-0.4, -0.2) is 70.1 Å². The van der Waals surface area contributed by atoms with Crippen molar-refractivity contribution in [3.05, 3.63) is 66.1 Å². The van der Waals surface area contributed by atoms with Crippen molar-refractivity contribution < 1.29 is 4.79 Å². The smallest absolute Gasteiger partial charge is 0.254 e. The Morgan fingerprint density at radius 3 is 2.61 bits per heavy atom. The fourth-order valence-corrected chi connectivity index (χ4v) is 5.68. The van der Waals surface area contributed by atoms with Crippen molar-refractivity contribution in [2.24, 2.45) is 5.92 Å². The lowest BCUT2D eigenvalue weighted by atomic mass is 9.90. The van der Waals surface area contributed by atoms with Crippen LogP contribution in [0.2, 0.25) is 0 Å². The average molecular weight is 486 g/mol. The highest BCUT2D eigenvalue weighted by atomic mass is 16.2. The van der Waals surface area contributed by atoms with Gasteiger partial charge in [-0.25, -0.2) is 0 Å². The zero-order valence-corrected chi connectivity index (χ0v) is 22.1. The number of piperazine rings is 1. The molecule has 6 nitrogen and oxygen atoms in total. The van der Waals surface area contributed by atoms with Crippen LogP contribution in [0.3, 0.4) is 0 Å². The molecule has 6 heteroatoms. The van der Waals surface area contributed by atoms with Crippen LogP contribution in [0.1, 0.15) is 56.5 Å². The molecule has 1 fully saturated rings. The van der Waals surface area contributed by atoms with Gasteiger partial charge in [0.2, 0.25) is 0 Å². The van der Waals surface area contributed by atoms with Gasteiger partial charge in [0.1, 0.15) is 0 Å². The van der Waals surface area contributed by atoms with Gasteiger partial charge in [-0.15, -0.1) is 0 Å². The number of nitrogens with one attached hydrogen (secondary N) is 1. The second-order valence-corrected chi connectivity index (χ2v) is 10.9. The molecule has 36 heavy (non-hydrogen) atoms. The Morgan fingerprint density at radius 2 is 1.92 bits per heavy atom. The van der Waals surface area contributed by atoms with Crippen LogP contribution < -0.4 is 5.32 Å². The fourth-order valence-electron chi connectivity index (χ4n) is 5.68. The van der Waals surface area contributed by atoms with Gasteiger partial charge in [0.15, 0.2) is 0 Å². The molecule has 1 atom stereocenters. The molecule has 2 aromatic heterocycles. The lowest BCUT2D eigenvalue weighted by Gasteiger charge is -2.37. The molecule has 3 aromatic rings. The van der Waals surface area contributed by atoms with Crippen molar-refractivity contribution in [2.75, 3.05) is 32.7 Å². The molecule has 190 valence electrons. The van der Waals surface area contributed by atoms with E-state index in [0.29, 0.717) is 18.0 Å². The molecule has 1 N–H and O–H groups in total. The molecule has 2 aliphatic rings. The highest BCUT2D eigenvalue weighted by molar-refractivity contribution is 6.01. The van der Waals surface area contributed by atoms with Gasteiger partial charge in [0, 0.05) is 73.7 Å². The molecular weight excluding hydrogens is 446 g/mol. The van der Waals surface area contributed by atoms with Crippen molar-refractivity contribution in [3.8, 4) is 5.69 Å². The maximum absolute atomic E-state index is 13.5. The first-order valence-electron chi connectivity index (χ1n) is 13.4. The van der Waals surface area contributed by atoms with Gasteiger partial charge in [-0.1, -0.05) is 26.0 Å². The Hall–Kier alpha value is -2.96. The van der Waals surface area contributed by atoms with Crippen LogP contribution >= 0.6 is 0 Å². The Morgan fingerprint density at radius 1 is 1.11 bits per heavy atom. The molecule has 1 aromatic carbocycles. The second kappa shape index (κ2) is 10.6. The quantitative estimate of drug-likeness (QED) is 0.535. The van der Waals surface area contributed by atoms with Gasteiger partial charge in [0.05, 0.1) is 17.4 Å². The minimum atomic E-state index is 0.124. The highest BCUT2D eigenvalue weighted by Gasteiger charge is 2.25. The van der Waals surface area contributed by atoms with Gasteiger partial charge in [0.25, 0.3) is 5.91 Å². The Labute approximate surface area is 215 Å². The molecule has 2 aliphatic heterocycles. The number of benzene rings is 1. The maximum atomic E-state index is 13.5. The van der Waals surface area contributed by atoms with Crippen molar-refractivity contribution in [3.63, 3.8) is 0 Å². The number of amides is 1. The van der Waals surface area contributed by atoms with Crippen molar-refractivity contribution in [1.29, 1.82) is 0 Å². The second-order valence-electron chi connectivity index (χ2n) is 10.9. The van der Waals surface area contributed by atoms with E-state index in [1.165, 1.54) is 22.9 Å². The standard InChI is InChI=1S/C30H39N5O/c1-21(2)16-25-17-23(9-11-32-25)28-20-35(26-6-5-10-31-19-26)29-18-24(7-8-27(28)29)30(36)34-14-12-33(13-15-34)22(3)4/h5-10,18-22,25,32H,11-17H2,1-4H3. The van der Waals surface area contributed by atoms with E-state index in [0.717, 1.165) is 55.9 Å². The third-order valence-electron chi connectivity index (χ3n) is 7.63. The fraction of sp³-hybridized carbons (Fsp3) is 0.467. The normalized spacial score (nSPS) is 19.3. The minimum Gasteiger partial charge on any atom is -0.336 e. The highest BCUT2D eigenvalue weighted by Crippen LogP contribution is 2.34. The number of fused-ring (bicyclic) bond motifs is 1. The van der Waals surface area contributed by atoms with Crippen molar-refractivity contribution in [2.45, 2.75) is 52.6 Å². The van der Waals surface area contributed by atoms with Crippen molar-refractivity contribution in [1.82, 2.24) is 24.7 Å². The van der Waals surface area contributed by atoms with E-state index >= 15 is 0 Å². The van der Waals surface area contributed by atoms with E-state index in [1.807, 2.05) is 23.2 Å².